The first kappa shape index (κ1) is 19.8. The molecule has 6 nitrogen and oxygen atoms in total. The van der Waals surface area contributed by atoms with E-state index in [0.717, 1.165) is 35.9 Å². The second-order valence-electron chi connectivity index (χ2n) is 6.40. The lowest BCUT2D eigenvalue weighted by Gasteiger charge is -2.24. The molecule has 4 amide bonds. The van der Waals surface area contributed by atoms with Crippen molar-refractivity contribution in [3.63, 3.8) is 0 Å². The summed E-state index contributed by atoms with van der Waals surface area (Å²) < 4.78 is 27.6. The van der Waals surface area contributed by atoms with Gasteiger partial charge in [0, 0.05) is 18.7 Å². The number of urea groups is 1. The summed E-state index contributed by atoms with van der Waals surface area (Å²) >= 11 is 0. The SMILES string of the molecule is CCCCN(CC)C(=O)CN1C(=O)N[C@](C)(c2cc(F)ccc2F)C1=O. The molecule has 0 saturated carbocycles. The van der Waals surface area contributed by atoms with Crippen LogP contribution in [0.4, 0.5) is 13.6 Å². The van der Waals surface area contributed by atoms with Crippen LogP contribution in [0.5, 0.6) is 0 Å². The highest BCUT2D eigenvalue weighted by atomic mass is 19.1. The summed E-state index contributed by atoms with van der Waals surface area (Å²) in [5.41, 5.74) is -2.03. The van der Waals surface area contributed by atoms with Crippen LogP contribution in [0.2, 0.25) is 0 Å². The number of unbranched alkanes of at least 4 members (excludes halogenated alkanes) is 1. The van der Waals surface area contributed by atoms with Crippen LogP contribution in [-0.2, 0) is 15.1 Å². The van der Waals surface area contributed by atoms with Crippen molar-refractivity contribution in [1.82, 2.24) is 15.1 Å². The Bertz CT molecular complexity index is 726. The van der Waals surface area contributed by atoms with Gasteiger partial charge in [-0.15, -0.1) is 0 Å². The van der Waals surface area contributed by atoms with Gasteiger partial charge in [0.2, 0.25) is 5.91 Å². The molecular formula is C18H23F2N3O3. The number of nitrogens with zero attached hydrogens (tertiary/aromatic N) is 2. The number of nitrogens with one attached hydrogen (secondary N) is 1. The lowest BCUT2D eigenvalue weighted by Crippen LogP contribution is -2.45. The Hall–Kier alpha value is -2.51. The third-order valence-electron chi connectivity index (χ3n) is 4.55. The zero-order valence-electron chi connectivity index (χ0n) is 15.1. The Labute approximate surface area is 151 Å². The molecule has 26 heavy (non-hydrogen) atoms. The van der Waals surface area contributed by atoms with Crippen molar-refractivity contribution >= 4 is 17.8 Å². The van der Waals surface area contributed by atoms with Crippen LogP contribution >= 0.6 is 0 Å². The van der Waals surface area contributed by atoms with Crippen LogP contribution < -0.4 is 5.32 Å². The molecule has 1 aliphatic rings. The molecule has 8 heteroatoms. The number of imide groups is 1. The average Bonchev–Trinajstić information content (AvgIpc) is 2.81. The van der Waals surface area contributed by atoms with Gasteiger partial charge in [-0.3, -0.25) is 14.5 Å². The predicted octanol–water partition coefficient (Wildman–Crippen LogP) is 2.38. The van der Waals surface area contributed by atoms with Gasteiger partial charge in [-0.05, 0) is 38.5 Å². The molecule has 142 valence electrons. The summed E-state index contributed by atoms with van der Waals surface area (Å²) in [6.07, 6.45) is 1.72. The maximum absolute atomic E-state index is 14.1. The highest BCUT2D eigenvalue weighted by Crippen LogP contribution is 2.31. The van der Waals surface area contributed by atoms with E-state index in [2.05, 4.69) is 5.32 Å². The van der Waals surface area contributed by atoms with E-state index in [9.17, 15) is 23.2 Å². The average molecular weight is 367 g/mol. The van der Waals surface area contributed by atoms with Gasteiger partial charge < -0.3 is 10.2 Å². The number of carbonyl (C=O) groups excluding carboxylic acids is 3. The summed E-state index contributed by atoms with van der Waals surface area (Å²) in [6.45, 7) is 5.66. The molecule has 1 aliphatic heterocycles. The monoisotopic (exact) mass is 367 g/mol. The van der Waals surface area contributed by atoms with Gasteiger partial charge in [0.25, 0.3) is 5.91 Å². The number of amides is 4. The number of hydrogen-bond donors (Lipinski definition) is 1. The van der Waals surface area contributed by atoms with E-state index in [4.69, 9.17) is 0 Å². The van der Waals surface area contributed by atoms with E-state index in [-0.39, 0.29) is 11.5 Å². The minimum absolute atomic E-state index is 0.274. The second-order valence-corrected chi connectivity index (χ2v) is 6.40. The lowest BCUT2D eigenvalue weighted by atomic mass is 9.91. The third-order valence-corrected chi connectivity index (χ3v) is 4.55. The van der Waals surface area contributed by atoms with Crippen LogP contribution in [-0.4, -0.2) is 47.3 Å². The fraction of sp³-hybridized carbons (Fsp3) is 0.500. The van der Waals surface area contributed by atoms with Crippen LogP contribution in [0.15, 0.2) is 18.2 Å². The van der Waals surface area contributed by atoms with Crippen LogP contribution in [0.1, 0.15) is 39.2 Å². The zero-order chi connectivity index (χ0) is 19.5. The Morgan fingerprint density at radius 3 is 2.58 bits per heavy atom. The minimum atomic E-state index is -1.76. The standard InChI is InChI=1S/C18H23F2N3O3/c1-4-6-9-22(5-2)15(24)11-23-16(25)18(3,21-17(23)26)13-10-12(19)7-8-14(13)20/h7-8,10H,4-6,9,11H2,1-3H3,(H,21,26)/t18-/m1/s1. The van der Waals surface area contributed by atoms with Crippen molar-refractivity contribution < 1.29 is 23.2 Å². The molecule has 1 heterocycles. The first-order chi connectivity index (χ1) is 12.2. The maximum Gasteiger partial charge on any atom is 0.325 e. The highest BCUT2D eigenvalue weighted by Gasteiger charge is 2.51. The second kappa shape index (κ2) is 7.80. The summed E-state index contributed by atoms with van der Waals surface area (Å²) in [7, 11) is 0. The zero-order valence-corrected chi connectivity index (χ0v) is 15.1. The molecule has 1 saturated heterocycles. The number of halogens is 2. The van der Waals surface area contributed by atoms with Crippen molar-refractivity contribution in [1.29, 1.82) is 0 Å². The van der Waals surface area contributed by atoms with Gasteiger partial charge in [0.15, 0.2) is 0 Å². The molecule has 0 aromatic heterocycles. The van der Waals surface area contributed by atoms with Crippen molar-refractivity contribution in [2.75, 3.05) is 19.6 Å². The number of hydrogen-bond acceptors (Lipinski definition) is 3. The Balaban J connectivity index is 2.23. The van der Waals surface area contributed by atoms with Gasteiger partial charge in [-0.2, -0.15) is 0 Å². The fourth-order valence-electron chi connectivity index (χ4n) is 2.95. The molecular weight excluding hydrogens is 344 g/mol. The molecule has 1 aromatic carbocycles. The van der Waals surface area contributed by atoms with Crippen molar-refractivity contribution in [3.05, 3.63) is 35.4 Å². The van der Waals surface area contributed by atoms with Gasteiger partial charge in [0.1, 0.15) is 23.7 Å². The van der Waals surface area contributed by atoms with E-state index >= 15 is 0 Å². The van der Waals surface area contributed by atoms with E-state index in [1.807, 2.05) is 13.8 Å². The smallest absolute Gasteiger partial charge is 0.325 e. The Morgan fingerprint density at radius 2 is 1.96 bits per heavy atom. The van der Waals surface area contributed by atoms with Crippen LogP contribution in [0.3, 0.4) is 0 Å². The topological polar surface area (TPSA) is 69.7 Å². The molecule has 1 atom stereocenters. The number of likely N-dealkylation sites (N-methyl/N-ethyl adjacent to an activating group) is 1. The highest BCUT2D eigenvalue weighted by molar-refractivity contribution is 6.09. The summed E-state index contributed by atoms with van der Waals surface area (Å²) in [5, 5.41) is 2.38. The molecule has 0 unspecified atom stereocenters. The Kier molecular flexibility index (Phi) is 5.94. The molecule has 0 radical (unpaired) electrons. The molecule has 1 aromatic rings. The first-order valence-electron chi connectivity index (χ1n) is 8.62. The van der Waals surface area contributed by atoms with E-state index in [0.29, 0.717) is 13.1 Å². The normalized spacial score (nSPS) is 19.7. The molecule has 1 fully saturated rings. The van der Waals surface area contributed by atoms with E-state index in [1.54, 1.807) is 4.90 Å². The first-order valence-corrected chi connectivity index (χ1v) is 8.62. The van der Waals surface area contributed by atoms with Gasteiger partial charge in [-0.1, -0.05) is 13.3 Å². The minimum Gasteiger partial charge on any atom is -0.341 e. The molecule has 0 spiro atoms. The van der Waals surface area contributed by atoms with Crippen molar-refractivity contribution in [2.45, 2.75) is 39.2 Å². The van der Waals surface area contributed by atoms with E-state index in [1.165, 1.54) is 6.92 Å². The number of benzene rings is 1. The fourth-order valence-corrected chi connectivity index (χ4v) is 2.95. The van der Waals surface area contributed by atoms with Crippen LogP contribution in [0, 0.1) is 11.6 Å². The largest absolute Gasteiger partial charge is 0.341 e. The van der Waals surface area contributed by atoms with Crippen molar-refractivity contribution in [2.24, 2.45) is 0 Å². The number of carbonyl (C=O) groups is 3. The summed E-state index contributed by atoms with van der Waals surface area (Å²) in [5.74, 6) is -2.69. The Morgan fingerprint density at radius 1 is 1.27 bits per heavy atom. The summed E-state index contributed by atoms with van der Waals surface area (Å²) in [4.78, 5) is 39.7. The van der Waals surface area contributed by atoms with Gasteiger partial charge >= 0.3 is 6.03 Å². The molecule has 0 bridgehead atoms. The van der Waals surface area contributed by atoms with Crippen molar-refractivity contribution in [3.8, 4) is 0 Å². The van der Waals surface area contributed by atoms with E-state index < -0.39 is 35.7 Å². The molecule has 0 aliphatic carbocycles. The lowest BCUT2D eigenvalue weighted by molar-refractivity contribution is -0.138. The number of rotatable bonds is 7. The molecule has 2 rings (SSSR count). The molecule has 1 N–H and O–H groups in total. The summed E-state index contributed by atoms with van der Waals surface area (Å²) in [6, 6.07) is 1.89. The van der Waals surface area contributed by atoms with Gasteiger partial charge in [0.05, 0.1) is 0 Å². The predicted molar refractivity (Wildman–Crippen MR) is 91.1 cm³/mol. The quantitative estimate of drug-likeness (QED) is 0.753. The van der Waals surface area contributed by atoms with Gasteiger partial charge in [-0.25, -0.2) is 13.6 Å². The van der Waals surface area contributed by atoms with Crippen LogP contribution in [0.25, 0.3) is 0 Å². The maximum atomic E-state index is 14.1. The third kappa shape index (κ3) is 3.68.